The Kier molecular flexibility index (Phi) is 6.42. The Bertz CT molecular complexity index is 769. The quantitative estimate of drug-likeness (QED) is 0.364. The van der Waals surface area contributed by atoms with Gasteiger partial charge in [0.25, 0.3) is 0 Å². The van der Waals surface area contributed by atoms with E-state index in [4.69, 9.17) is 0 Å². The highest BCUT2D eigenvalue weighted by atomic mass is 32.2. The molecular formula is C21H27FN4S. The van der Waals surface area contributed by atoms with Crippen molar-refractivity contribution < 1.29 is 4.39 Å². The van der Waals surface area contributed by atoms with Crippen LogP contribution in [0.1, 0.15) is 19.8 Å². The number of hydrogen-bond acceptors (Lipinski definition) is 5. The van der Waals surface area contributed by atoms with Crippen LogP contribution in [-0.2, 0) is 0 Å². The maximum absolute atomic E-state index is 13.1. The predicted molar refractivity (Wildman–Crippen MR) is 113 cm³/mol. The highest BCUT2D eigenvalue weighted by Crippen LogP contribution is 2.45. The van der Waals surface area contributed by atoms with E-state index in [0.717, 1.165) is 37.3 Å². The molecule has 4 nitrogen and oxygen atoms in total. The number of nitrogens with one attached hydrogen (secondary N) is 3. The van der Waals surface area contributed by atoms with Crippen molar-refractivity contribution in [3.8, 4) is 0 Å². The van der Waals surface area contributed by atoms with Crippen molar-refractivity contribution in [2.24, 2.45) is 5.41 Å². The summed E-state index contributed by atoms with van der Waals surface area (Å²) in [5.41, 5.74) is 9.29. The van der Waals surface area contributed by atoms with Gasteiger partial charge in [-0.2, -0.15) is 0 Å². The zero-order valence-corrected chi connectivity index (χ0v) is 16.7. The molecular weight excluding hydrogens is 359 g/mol. The number of hydrogen-bond donors (Lipinski definition) is 3. The fourth-order valence-corrected chi connectivity index (χ4v) is 4.48. The normalized spacial score (nSPS) is 23.1. The average molecular weight is 387 g/mol. The molecule has 0 radical (unpaired) electrons. The average Bonchev–Trinajstić information content (AvgIpc) is 2.68. The standard InChI is InChI=1S/C21H27FN4S/c1-4-21-11-9-20(25-19-7-5-18(22)6-8-19)13-17(21)10-12-26(15-21)27-16(2)14-24-23-3/h4-9,13-14,23-25H,1,10-12,15H2,2-3H3/b16-14+. The lowest BCUT2D eigenvalue weighted by Gasteiger charge is -2.44. The molecule has 2 aliphatic rings. The molecule has 1 aliphatic heterocycles. The zero-order valence-electron chi connectivity index (χ0n) is 15.9. The summed E-state index contributed by atoms with van der Waals surface area (Å²) < 4.78 is 15.5. The molecule has 0 saturated carbocycles. The Morgan fingerprint density at radius 1 is 1.33 bits per heavy atom. The van der Waals surface area contributed by atoms with E-state index in [2.05, 4.69) is 52.2 Å². The van der Waals surface area contributed by atoms with Gasteiger partial charge >= 0.3 is 0 Å². The first-order valence-corrected chi connectivity index (χ1v) is 9.91. The molecule has 1 aromatic rings. The highest BCUT2D eigenvalue weighted by molar-refractivity contribution is 8.00. The molecule has 1 unspecified atom stereocenters. The fraction of sp³-hybridized carbons (Fsp3) is 0.333. The molecule has 0 spiro atoms. The molecule has 0 amide bonds. The van der Waals surface area contributed by atoms with E-state index in [-0.39, 0.29) is 11.2 Å². The van der Waals surface area contributed by atoms with Crippen LogP contribution in [0.5, 0.6) is 0 Å². The van der Waals surface area contributed by atoms with Crippen LogP contribution in [-0.4, -0.2) is 24.4 Å². The van der Waals surface area contributed by atoms with E-state index in [1.165, 1.54) is 22.6 Å². The van der Waals surface area contributed by atoms with Gasteiger partial charge in [0.15, 0.2) is 0 Å². The third kappa shape index (κ3) is 4.83. The van der Waals surface area contributed by atoms with Gasteiger partial charge in [-0.1, -0.05) is 17.7 Å². The van der Waals surface area contributed by atoms with Crippen molar-refractivity contribution in [3.63, 3.8) is 0 Å². The van der Waals surface area contributed by atoms with Crippen molar-refractivity contribution in [3.05, 3.63) is 77.3 Å². The van der Waals surface area contributed by atoms with Crippen LogP contribution in [0.15, 0.2) is 71.4 Å². The Hall–Kier alpha value is -2.02. The topological polar surface area (TPSA) is 39.3 Å². The lowest BCUT2D eigenvalue weighted by atomic mass is 9.71. The maximum atomic E-state index is 13.1. The van der Waals surface area contributed by atoms with Gasteiger partial charge < -0.3 is 10.7 Å². The lowest BCUT2D eigenvalue weighted by molar-refractivity contribution is 0.280. The van der Waals surface area contributed by atoms with Gasteiger partial charge in [-0.15, -0.1) is 6.58 Å². The van der Waals surface area contributed by atoms with Gasteiger partial charge in [0, 0.05) is 48.0 Å². The Morgan fingerprint density at radius 2 is 2.11 bits per heavy atom. The molecule has 1 aromatic carbocycles. The summed E-state index contributed by atoms with van der Waals surface area (Å²) >= 11 is 1.78. The SMILES string of the molecule is C=CC12CC=C(Nc3ccc(F)cc3)C=C1CCN(S/C(C)=C/NNC)C2. The minimum absolute atomic E-state index is 0.0179. The summed E-state index contributed by atoms with van der Waals surface area (Å²) in [6.45, 7) is 8.18. The maximum Gasteiger partial charge on any atom is 0.123 e. The summed E-state index contributed by atoms with van der Waals surface area (Å²) in [6.07, 6.45) is 10.5. The van der Waals surface area contributed by atoms with Gasteiger partial charge in [-0.05, 0) is 62.1 Å². The third-order valence-corrected chi connectivity index (χ3v) is 5.94. The molecule has 6 heteroatoms. The number of hydrazine groups is 1. The Balaban J connectivity index is 1.68. The van der Waals surface area contributed by atoms with Crippen molar-refractivity contribution in [2.45, 2.75) is 19.8 Å². The number of allylic oxidation sites excluding steroid dienone is 3. The van der Waals surface area contributed by atoms with E-state index in [1.54, 1.807) is 24.1 Å². The van der Waals surface area contributed by atoms with E-state index >= 15 is 0 Å². The lowest BCUT2D eigenvalue weighted by Crippen LogP contribution is -2.41. The number of rotatable bonds is 7. The van der Waals surface area contributed by atoms with Crippen LogP contribution in [0.4, 0.5) is 10.1 Å². The molecule has 3 N–H and O–H groups in total. The summed E-state index contributed by atoms with van der Waals surface area (Å²) in [4.78, 5) is 1.21. The zero-order chi connectivity index (χ0) is 19.3. The second-order valence-corrected chi connectivity index (χ2v) is 8.22. The molecule has 3 rings (SSSR count). The van der Waals surface area contributed by atoms with Crippen LogP contribution in [0.2, 0.25) is 0 Å². The molecule has 0 bridgehead atoms. The van der Waals surface area contributed by atoms with Crippen molar-refractivity contribution >= 4 is 17.6 Å². The first-order chi connectivity index (χ1) is 13.0. The van der Waals surface area contributed by atoms with Gasteiger partial charge in [0.05, 0.1) is 0 Å². The number of piperidine rings is 1. The van der Waals surface area contributed by atoms with Crippen LogP contribution in [0.25, 0.3) is 0 Å². The van der Waals surface area contributed by atoms with E-state index in [9.17, 15) is 4.39 Å². The van der Waals surface area contributed by atoms with Crippen LogP contribution in [0, 0.1) is 11.2 Å². The molecule has 1 aliphatic carbocycles. The fourth-order valence-electron chi connectivity index (χ4n) is 3.49. The van der Waals surface area contributed by atoms with E-state index in [1.807, 2.05) is 13.2 Å². The number of benzene rings is 1. The summed E-state index contributed by atoms with van der Waals surface area (Å²) in [7, 11) is 1.85. The number of halogens is 1. The van der Waals surface area contributed by atoms with Gasteiger partial charge in [0.1, 0.15) is 5.82 Å². The van der Waals surface area contributed by atoms with Gasteiger partial charge in [0.2, 0.25) is 0 Å². The smallest absolute Gasteiger partial charge is 0.123 e. The second kappa shape index (κ2) is 8.78. The first-order valence-electron chi connectivity index (χ1n) is 9.14. The Morgan fingerprint density at radius 3 is 2.81 bits per heavy atom. The highest BCUT2D eigenvalue weighted by Gasteiger charge is 2.38. The largest absolute Gasteiger partial charge is 0.356 e. The van der Waals surface area contributed by atoms with E-state index in [0.29, 0.717) is 0 Å². The van der Waals surface area contributed by atoms with Crippen LogP contribution in [0.3, 0.4) is 0 Å². The summed E-state index contributed by atoms with van der Waals surface area (Å²) in [5, 5.41) is 3.39. The van der Waals surface area contributed by atoms with Crippen LogP contribution >= 0.6 is 11.9 Å². The number of nitrogens with zero attached hydrogens (tertiary/aromatic N) is 1. The Labute approximate surface area is 165 Å². The van der Waals surface area contributed by atoms with Gasteiger partial charge in [-0.25, -0.2) is 14.1 Å². The monoisotopic (exact) mass is 386 g/mol. The molecule has 0 aromatic heterocycles. The molecule has 144 valence electrons. The number of fused-ring (bicyclic) bond motifs is 1. The first kappa shape index (κ1) is 19.7. The molecule has 27 heavy (non-hydrogen) atoms. The van der Waals surface area contributed by atoms with Crippen LogP contribution < -0.4 is 16.2 Å². The minimum atomic E-state index is -0.221. The number of anilines is 1. The summed E-state index contributed by atoms with van der Waals surface area (Å²) in [6, 6.07) is 6.47. The van der Waals surface area contributed by atoms with Crippen molar-refractivity contribution in [1.29, 1.82) is 0 Å². The molecule has 1 atom stereocenters. The van der Waals surface area contributed by atoms with Crippen molar-refractivity contribution in [2.75, 3.05) is 25.5 Å². The van der Waals surface area contributed by atoms with Crippen molar-refractivity contribution in [1.82, 2.24) is 15.2 Å². The minimum Gasteiger partial charge on any atom is -0.356 e. The summed E-state index contributed by atoms with van der Waals surface area (Å²) in [5.74, 6) is -0.221. The predicted octanol–water partition coefficient (Wildman–Crippen LogP) is 4.56. The van der Waals surface area contributed by atoms with E-state index < -0.39 is 0 Å². The molecule has 1 heterocycles. The second-order valence-electron chi connectivity index (χ2n) is 6.88. The van der Waals surface area contributed by atoms with Gasteiger partial charge in [-0.3, -0.25) is 0 Å². The molecule has 1 fully saturated rings. The third-order valence-electron chi connectivity index (χ3n) is 4.96. The molecule has 1 saturated heterocycles.